The molecule has 1 atom stereocenters. The number of hydrogen-bond acceptors (Lipinski definition) is 3. The van der Waals surface area contributed by atoms with Gasteiger partial charge in [-0.1, -0.05) is 19.1 Å². The molecule has 0 saturated carbocycles. The summed E-state index contributed by atoms with van der Waals surface area (Å²) in [5, 5.41) is 7.22. The Kier molecular flexibility index (Phi) is 4.86. The van der Waals surface area contributed by atoms with Crippen molar-refractivity contribution in [3.63, 3.8) is 0 Å². The van der Waals surface area contributed by atoms with Gasteiger partial charge in [0.25, 0.3) is 0 Å². The minimum absolute atomic E-state index is 0.0196. The standard InChI is InChI=1S/C12H19N3O2S/c1-3-10(8-12(13)14)15-18(16,17)11-6-4-5-9(2)7-11/h4-7,10,15H,3,8H2,1-2H3,(H3,13,14). The summed E-state index contributed by atoms with van der Waals surface area (Å²) in [6.07, 6.45) is 0.812. The second-order valence-electron chi connectivity index (χ2n) is 4.27. The number of aryl methyl sites for hydroxylation is 1. The molecule has 1 aromatic carbocycles. The molecule has 18 heavy (non-hydrogen) atoms. The number of amidine groups is 1. The van der Waals surface area contributed by atoms with Crippen LogP contribution < -0.4 is 10.5 Å². The fourth-order valence-corrected chi connectivity index (χ4v) is 3.03. The molecule has 100 valence electrons. The Hall–Kier alpha value is -1.40. The van der Waals surface area contributed by atoms with Crippen molar-refractivity contribution in [1.29, 1.82) is 5.41 Å². The summed E-state index contributed by atoms with van der Waals surface area (Å²) in [6, 6.07) is 6.37. The molecule has 0 spiro atoms. The van der Waals surface area contributed by atoms with Crippen molar-refractivity contribution in [1.82, 2.24) is 4.72 Å². The molecule has 1 rings (SSSR count). The number of nitrogens with two attached hydrogens (primary N) is 1. The molecule has 0 radical (unpaired) electrons. The molecule has 4 N–H and O–H groups in total. The first kappa shape index (κ1) is 14.7. The third-order valence-corrected chi connectivity index (χ3v) is 4.10. The van der Waals surface area contributed by atoms with Crippen molar-refractivity contribution in [2.24, 2.45) is 5.73 Å². The van der Waals surface area contributed by atoms with E-state index in [-0.39, 0.29) is 23.2 Å². The zero-order valence-electron chi connectivity index (χ0n) is 10.6. The molecular formula is C12H19N3O2S. The van der Waals surface area contributed by atoms with Crippen LogP contribution in [-0.4, -0.2) is 20.3 Å². The first-order chi connectivity index (χ1) is 8.35. The third-order valence-electron chi connectivity index (χ3n) is 2.58. The minimum Gasteiger partial charge on any atom is -0.388 e. The maximum absolute atomic E-state index is 12.1. The van der Waals surface area contributed by atoms with Gasteiger partial charge in [0.1, 0.15) is 0 Å². The fraction of sp³-hybridized carbons (Fsp3) is 0.417. The Bertz CT molecular complexity index is 526. The van der Waals surface area contributed by atoms with Crippen LogP contribution in [0.25, 0.3) is 0 Å². The van der Waals surface area contributed by atoms with E-state index in [1.165, 1.54) is 0 Å². The van der Waals surface area contributed by atoms with E-state index in [2.05, 4.69) is 4.72 Å². The van der Waals surface area contributed by atoms with E-state index in [9.17, 15) is 8.42 Å². The molecule has 0 heterocycles. The Balaban J connectivity index is 2.90. The van der Waals surface area contributed by atoms with E-state index in [1.807, 2.05) is 19.9 Å². The number of rotatable bonds is 6. The van der Waals surface area contributed by atoms with E-state index in [0.717, 1.165) is 5.56 Å². The normalized spacial score (nSPS) is 13.2. The number of hydrogen-bond donors (Lipinski definition) is 3. The number of nitrogens with one attached hydrogen (secondary N) is 2. The average molecular weight is 269 g/mol. The van der Waals surface area contributed by atoms with Gasteiger partial charge in [-0.2, -0.15) is 0 Å². The highest BCUT2D eigenvalue weighted by molar-refractivity contribution is 7.89. The Labute approximate surface area is 108 Å². The average Bonchev–Trinajstić information content (AvgIpc) is 2.27. The highest BCUT2D eigenvalue weighted by Gasteiger charge is 2.19. The van der Waals surface area contributed by atoms with E-state index < -0.39 is 10.0 Å². The van der Waals surface area contributed by atoms with Gasteiger partial charge in [-0.25, -0.2) is 13.1 Å². The maximum atomic E-state index is 12.1. The van der Waals surface area contributed by atoms with Gasteiger partial charge in [0.05, 0.1) is 10.7 Å². The SMILES string of the molecule is CCC(CC(=N)N)NS(=O)(=O)c1cccc(C)c1. The topological polar surface area (TPSA) is 96.0 Å². The van der Waals surface area contributed by atoms with Gasteiger partial charge in [0.15, 0.2) is 0 Å². The fourth-order valence-electron chi connectivity index (χ4n) is 1.60. The molecule has 5 nitrogen and oxygen atoms in total. The summed E-state index contributed by atoms with van der Waals surface area (Å²) in [5.41, 5.74) is 6.19. The van der Waals surface area contributed by atoms with Crippen molar-refractivity contribution in [3.05, 3.63) is 29.8 Å². The minimum atomic E-state index is -3.54. The third kappa shape index (κ3) is 4.12. The monoisotopic (exact) mass is 269 g/mol. The van der Waals surface area contributed by atoms with Crippen LogP contribution in [0.4, 0.5) is 0 Å². The molecule has 0 bridgehead atoms. The lowest BCUT2D eigenvalue weighted by molar-refractivity contribution is 0.545. The molecule has 6 heteroatoms. The summed E-state index contributed by atoms with van der Waals surface area (Å²) in [5.74, 6) is -0.0196. The van der Waals surface area contributed by atoms with Gasteiger partial charge < -0.3 is 5.73 Å². The zero-order chi connectivity index (χ0) is 13.8. The number of benzene rings is 1. The van der Waals surface area contributed by atoms with Gasteiger partial charge >= 0.3 is 0 Å². The lowest BCUT2D eigenvalue weighted by Crippen LogP contribution is -2.37. The molecular weight excluding hydrogens is 250 g/mol. The van der Waals surface area contributed by atoms with Crippen molar-refractivity contribution >= 4 is 15.9 Å². The second kappa shape index (κ2) is 5.97. The van der Waals surface area contributed by atoms with E-state index in [1.54, 1.807) is 18.2 Å². The Morgan fingerprint density at radius 1 is 1.50 bits per heavy atom. The molecule has 0 fully saturated rings. The second-order valence-corrected chi connectivity index (χ2v) is 5.99. The van der Waals surface area contributed by atoms with E-state index in [0.29, 0.717) is 6.42 Å². The first-order valence-corrected chi connectivity index (χ1v) is 7.25. The lowest BCUT2D eigenvalue weighted by Gasteiger charge is -2.16. The lowest BCUT2D eigenvalue weighted by atomic mass is 10.1. The highest BCUT2D eigenvalue weighted by Crippen LogP contribution is 2.12. The molecule has 0 aliphatic carbocycles. The largest absolute Gasteiger partial charge is 0.388 e. The van der Waals surface area contributed by atoms with Crippen molar-refractivity contribution in [3.8, 4) is 0 Å². The smallest absolute Gasteiger partial charge is 0.240 e. The van der Waals surface area contributed by atoms with E-state index in [4.69, 9.17) is 11.1 Å². The van der Waals surface area contributed by atoms with E-state index >= 15 is 0 Å². The van der Waals surface area contributed by atoms with Gasteiger partial charge in [-0.3, -0.25) is 5.41 Å². The van der Waals surface area contributed by atoms with Crippen LogP contribution in [0.2, 0.25) is 0 Å². The zero-order valence-corrected chi connectivity index (χ0v) is 11.4. The molecule has 0 aliphatic heterocycles. The van der Waals surface area contributed by atoms with Crippen LogP contribution >= 0.6 is 0 Å². The quantitative estimate of drug-likeness (QED) is 0.537. The van der Waals surface area contributed by atoms with Crippen LogP contribution in [-0.2, 0) is 10.0 Å². The Morgan fingerprint density at radius 3 is 2.67 bits per heavy atom. The van der Waals surface area contributed by atoms with Gasteiger partial charge in [0, 0.05) is 12.5 Å². The summed E-state index contributed by atoms with van der Waals surface area (Å²) >= 11 is 0. The molecule has 0 aromatic heterocycles. The van der Waals surface area contributed by atoms with Crippen molar-refractivity contribution in [2.75, 3.05) is 0 Å². The van der Waals surface area contributed by atoms with Crippen LogP contribution in [0.3, 0.4) is 0 Å². The van der Waals surface area contributed by atoms with Crippen LogP contribution in [0, 0.1) is 12.3 Å². The van der Waals surface area contributed by atoms with Crippen molar-refractivity contribution in [2.45, 2.75) is 37.6 Å². The first-order valence-electron chi connectivity index (χ1n) is 5.77. The summed E-state index contributed by atoms with van der Waals surface area (Å²) < 4.78 is 26.8. The van der Waals surface area contributed by atoms with Crippen LogP contribution in [0.5, 0.6) is 0 Å². The predicted molar refractivity (Wildman–Crippen MR) is 72.1 cm³/mol. The summed E-state index contributed by atoms with van der Waals surface area (Å²) in [7, 11) is -3.54. The molecule has 1 unspecified atom stereocenters. The molecule has 0 amide bonds. The molecule has 0 saturated heterocycles. The van der Waals surface area contributed by atoms with Crippen molar-refractivity contribution < 1.29 is 8.42 Å². The summed E-state index contributed by atoms with van der Waals surface area (Å²) in [4.78, 5) is 0.240. The highest BCUT2D eigenvalue weighted by atomic mass is 32.2. The van der Waals surface area contributed by atoms with Gasteiger partial charge in [-0.15, -0.1) is 0 Å². The van der Waals surface area contributed by atoms with Crippen LogP contribution in [0.15, 0.2) is 29.2 Å². The molecule has 1 aromatic rings. The molecule has 0 aliphatic rings. The van der Waals surface area contributed by atoms with Gasteiger partial charge in [-0.05, 0) is 31.0 Å². The number of sulfonamides is 1. The predicted octanol–water partition coefficient (Wildman–Crippen LogP) is 1.38. The Morgan fingerprint density at radius 2 is 2.17 bits per heavy atom. The summed E-state index contributed by atoms with van der Waals surface area (Å²) in [6.45, 7) is 3.69. The van der Waals surface area contributed by atoms with Crippen LogP contribution in [0.1, 0.15) is 25.3 Å². The van der Waals surface area contributed by atoms with Gasteiger partial charge in [0.2, 0.25) is 10.0 Å². The maximum Gasteiger partial charge on any atom is 0.240 e.